The van der Waals surface area contributed by atoms with Crippen LogP contribution in [-0.4, -0.2) is 17.0 Å². The Morgan fingerprint density at radius 3 is 2.63 bits per heavy atom. The predicted octanol–water partition coefficient (Wildman–Crippen LogP) is 3.81. The molecule has 0 heterocycles. The standard InChI is InChI=1S/C22H16N4O4/c23-13-18-4-1-2-5-19(18)15-30-21-10-8-16(9-11-21)14-24-25-22(27)17-6-3-7-20(12-17)26(28)29/h1-12,14H,15H2,(H,25,27)/b24-14-. The van der Waals surface area contributed by atoms with E-state index in [-0.39, 0.29) is 17.9 Å². The molecule has 1 N–H and O–H groups in total. The van der Waals surface area contributed by atoms with Crippen LogP contribution in [0.2, 0.25) is 0 Å². The third-order valence-electron chi connectivity index (χ3n) is 4.11. The molecule has 8 nitrogen and oxygen atoms in total. The van der Waals surface area contributed by atoms with Gasteiger partial charge in [0.25, 0.3) is 11.6 Å². The van der Waals surface area contributed by atoms with Crippen molar-refractivity contribution in [3.8, 4) is 11.8 Å². The Labute approximate surface area is 172 Å². The number of hydrogen-bond acceptors (Lipinski definition) is 6. The Balaban J connectivity index is 1.56. The summed E-state index contributed by atoms with van der Waals surface area (Å²) < 4.78 is 5.70. The van der Waals surface area contributed by atoms with Crippen LogP contribution in [0, 0.1) is 21.4 Å². The summed E-state index contributed by atoms with van der Waals surface area (Å²) in [6.07, 6.45) is 1.45. The molecule has 8 heteroatoms. The molecular formula is C22H16N4O4. The summed E-state index contributed by atoms with van der Waals surface area (Å²) in [5, 5.41) is 23.8. The van der Waals surface area contributed by atoms with E-state index >= 15 is 0 Å². The van der Waals surface area contributed by atoms with Gasteiger partial charge in [-0.1, -0.05) is 24.3 Å². The van der Waals surface area contributed by atoms with Gasteiger partial charge in [-0.15, -0.1) is 0 Å². The fourth-order valence-corrected chi connectivity index (χ4v) is 2.56. The smallest absolute Gasteiger partial charge is 0.271 e. The monoisotopic (exact) mass is 400 g/mol. The van der Waals surface area contributed by atoms with E-state index in [1.54, 1.807) is 36.4 Å². The lowest BCUT2D eigenvalue weighted by atomic mass is 10.1. The van der Waals surface area contributed by atoms with Crippen LogP contribution >= 0.6 is 0 Å². The molecule has 0 bridgehead atoms. The zero-order chi connectivity index (χ0) is 21.3. The molecule has 0 aliphatic heterocycles. The summed E-state index contributed by atoms with van der Waals surface area (Å²) >= 11 is 0. The molecule has 30 heavy (non-hydrogen) atoms. The van der Waals surface area contributed by atoms with Crippen molar-refractivity contribution in [1.82, 2.24) is 5.43 Å². The second kappa shape index (κ2) is 9.61. The zero-order valence-electron chi connectivity index (χ0n) is 15.7. The van der Waals surface area contributed by atoms with Crippen molar-refractivity contribution in [1.29, 1.82) is 5.26 Å². The maximum Gasteiger partial charge on any atom is 0.271 e. The predicted molar refractivity (Wildman–Crippen MR) is 110 cm³/mol. The summed E-state index contributed by atoms with van der Waals surface area (Å²) in [5.74, 6) is 0.0755. The number of nitro benzene ring substituents is 1. The van der Waals surface area contributed by atoms with E-state index in [1.165, 1.54) is 30.5 Å². The molecule has 3 rings (SSSR count). The van der Waals surface area contributed by atoms with Gasteiger partial charge in [-0.2, -0.15) is 10.4 Å². The Hall–Kier alpha value is -4.51. The summed E-state index contributed by atoms with van der Waals surface area (Å²) in [6.45, 7) is 0.274. The fraction of sp³-hybridized carbons (Fsp3) is 0.0455. The maximum absolute atomic E-state index is 12.0. The number of nitro groups is 1. The largest absolute Gasteiger partial charge is 0.489 e. The van der Waals surface area contributed by atoms with Crippen LogP contribution in [0.4, 0.5) is 5.69 Å². The van der Waals surface area contributed by atoms with Gasteiger partial charge in [0.1, 0.15) is 12.4 Å². The highest BCUT2D eigenvalue weighted by atomic mass is 16.6. The van der Waals surface area contributed by atoms with Crippen LogP contribution in [0.5, 0.6) is 5.75 Å². The van der Waals surface area contributed by atoms with E-state index in [0.717, 1.165) is 11.1 Å². The molecule has 0 fully saturated rings. The average molecular weight is 400 g/mol. The molecule has 0 unspecified atom stereocenters. The van der Waals surface area contributed by atoms with Gasteiger partial charge in [0.15, 0.2) is 0 Å². The molecular weight excluding hydrogens is 384 g/mol. The Morgan fingerprint density at radius 1 is 1.13 bits per heavy atom. The number of hydrazone groups is 1. The Morgan fingerprint density at radius 2 is 1.90 bits per heavy atom. The van der Waals surface area contributed by atoms with Gasteiger partial charge in [-0.05, 0) is 42.0 Å². The minimum Gasteiger partial charge on any atom is -0.489 e. The summed E-state index contributed by atoms with van der Waals surface area (Å²) in [4.78, 5) is 22.3. The van der Waals surface area contributed by atoms with Gasteiger partial charge in [-0.3, -0.25) is 14.9 Å². The second-order valence-corrected chi connectivity index (χ2v) is 6.13. The number of amides is 1. The van der Waals surface area contributed by atoms with Crippen LogP contribution in [0.1, 0.15) is 27.0 Å². The number of non-ortho nitro benzene ring substituents is 1. The second-order valence-electron chi connectivity index (χ2n) is 6.13. The third kappa shape index (κ3) is 5.27. The lowest BCUT2D eigenvalue weighted by Crippen LogP contribution is -2.17. The molecule has 3 aromatic carbocycles. The van der Waals surface area contributed by atoms with E-state index in [1.807, 2.05) is 12.1 Å². The van der Waals surface area contributed by atoms with Crippen molar-refractivity contribution in [2.75, 3.05) is 0 Å². The molecule has 0 aromatic heterocycles. The fourth-order valence-electron chi connectivity index (χ4n) is 2.56. The number of nitrogens with zero attached hydrogens (tertiary/aromatic N) is 3. The third-order valence-corrected chi connectivity index (χ3v) is 4.11. The van der Waals surface area contributed by atoms with Crippen molar-refractivity contribution in [2.24, 2.45) is 5.10 Å². The van der Waals surface area contributed by atoms with E-state index in [2.05, 4.69) is 16.6 Å². The number of nitrogens with one attached hydrogen (secondary N) is 1. The van der Waals surface area contributed by atoms with Gasteiger partial charge in [0.2, 0.25) is 0 Å². The van der Waals surface area contributed by atoms with Gasteiger partial charge in [0.05, 0.1) is 22.8 Å². The number of carbonyl (C=O) groups excluding carboxylic acids is 1. The molecule has 0 spiro atoms. The van der Waals surface area contributed by atoms with Crippen molar-refractivity contribution >= 4 is 17.8 Å². The van der Waals surface area contributed by atoms with Crippen LogP contribution in [0.3, 0.4) is 0 Å². The van der Waals surface area contributed by atoms with Crippen molar-refractivity contribution in [3.05, 3.63) is 105 Å². The van der Waals surface area contributed by atoms with Crippen LogP contribution < -0.4 is 10.2 Å². The number of rotatable bonds is 7. The van der Waals surface area contributed by atoms with Crippen LogP contribution in [0.25, 0.3) is 0 Å². The number of benzene rings is 3. The molecule has 0 atom stereocenters. The molecule has 0 saturated heterocycles. The van der Waals surface area contributed by atoms with Crippen molar-refractivity contribution < 1.29 is 14.5 Å². The van der Waals surface area contributed by atoms with E-state index in [9.17, 15) is 14.9 Å². The van der Waals surface area contributed by atoms with E-state index in [4.69, 9.17) is 10.00 Å². The highest BCUT2D eigenvalue weighted by Crippen LogP contribution is 2.16. The van der Waals surface area contributed by atoms with Gasteiger partial charge in [0, 0.05) is 23.3 Å². The Bertz CT molecular complexity index is 1130. The molecule has 0 aliphatic carbocycles. The minimum atomic E-state index is -0.567. The van der Waals surface area contributed by atoms with E-state index < -0.39 is 10.8 Å². The van der Waals surface area contributed by atoms with Gasteiger partial charge >= 0.3 is 0 Å². The molecule has 0 saturated carbocycles. The highest BCUT2D eigenvalue weighted by molar-refractivity contribution is 5.95. The summed E-state index contributed by atoms with van der Waals surface area (Å²) in [6, 6.07) is 21.8. The first-order valence-electron chi connectivity index (χ1n) is 8.85. The number of hydrogen-bond donors (Lipinski definition) is 1. The quantitative estimate of drug-likeness (QED) is 0.368. The number of ether oxygens (including phenoxy) is 1. The first-order chi connectivity index (χ1) is 14.6. The van der Waals surface area contributed by atoms with E-state index in [0.29, 0.717) is 11.3 Å². The molecule has 0 aliphatic rings. The normalized spacial score (nSPS) is 10.4. The van der Waals surface area contributed by atoms with Crippen LogP contribution in [0.15, 0.2) is 77.9 Å². The lowest BCUT2D eigenvalue weighted by Gasteiger charge is -2.07. The summed E-state index contributed by atoms with van der Waals surface area (Å²) in [7, 11) is 0. The summed E-state index contributed by atoms with van der Waals surface area (Å²) in [5.41, 5.74) is 4.40. The Kier molecular flexibility index (Phi) is 6.48. The maximum atomic E-state index is 12.0. The molecule has 148 valence electrons. The molecule has 3 aromatic rings. The minimum absolute atomic E-state index is 0.141. The number of nitriles is 1. The lowest BCUT2D eigenvalue weighted by molar-refractivity contribution is -0.384. The first kappa shape index (κ1) is 20.2. The molecule has 1 amide bonds. The van der Waals surface area contributed by atoms with Crippen molar-refractivity contribution in [2.45, 2.75) is 6.61 Å². The zero-order valence-corrected chi connectivity index (χ0v) is 15.7. The average Bonchev–Trinajstić information content (AvgIpc) is 2.78. The van der Waals surface area contributed by atoms with Gasteiger partial charge in [-0.25, -0.2) is 5.43 Å². The van der Waals surface area contributed by atoms with Crippen LogP contribution in [-0.2, 0) is 6.61 Å². The number of carbonyl (C=O) groups is 1. The highest BCUT2D eigenvalue weighted by Gasteiger charge is 2.10. The topological polar surface area (TPSA) is 118 Å². The SMILES string of the molecule is N#Cc1ccccc1COc1ccc(/C=N\NC(=O)c2cccc([N+](=O)[O-])c2)cc1. The molecule has 0 radical (unpaired) electrons. The van der Waals surface area contributed by atoms with Gasteiger partial charge < -0.3 is 4.74 Å². The van der Waals surface area contributed by atoms with Crippen molar-refractivity contribution in [3.63, 3.8) is 0 Å². The first-order valence-corrected chi connectivity index (χ1v) is 8.85.